The molecule has 0 amide bonds. The van der Waals surface area contributed by atoms with Crippen LogP contribution in [-0.4, -0.2) is 31.2 Å². The van der Waals surface area contributed by atoms with Crippen molar-refractivity contribution in [1.82, 2.24) is 9.71 Å². The molecule has 6 heteroatoms. The summed E-state index contributed by atoms with van der Waals surface area (Å²) in [4.78, 5) is 3.98. The summed E-state index contributed by atoms with van der Waals surface area (Å²) in [5.41, 5.74) is 0.463. The molecular weight excluding hydrogens is 288 g/mol. The molecule has 0 fully saturated rings. The summed E-state index contributed by atoms with van der Waals surface area (Å²) in [6, 6.07) is 1.34. The molecule has 1 heterocycles. The summed E-state index contributed by atoms with van der Waals surface area (Å²) in [6.45, 7) is 3.69. The van der Waals surface area contributed by atoms with E-state index in [4.69, 9.17) is 5.11 Å². The standard InChI is InChI=1S/C15H22N2O3S/c1-3-4-5-7-13(2)17-21(19,20)15-10-14(8-6-9-18)11-16-12-15/h10-13,17-18H,3-5,7,9H2,1-2H3. The van der Waals surface area contributed by atoms with Crippen LogP contribution in [0.15, 0.2) is 23.4 Å². The SMILES string of the molecule is CCCCCC(C)NS(=O)(=O)c1cncc(C#CCO)c1. The lowest BCUT2D eigenvalue weighted by atomic mass is 10.1. The first-order valence-corrected chi connectivity index (χ1v) is 8.55. The highest BCUT2D eigenvalue weighted by Crippen LogP contribution is 2.11. The van der Waals surface area contributed by atoms with E-state index in [0.29, 0.717) is 5.56 Å². The van der Waals surface area contributed by atoms with Crippen LogP contribution in [-0.2, 0) is 10.0 Å². The Morgan fingerprint density at radius 1 is 1.38 bits per heavy atom. The smallest absolute Gasteiger partial charge is 0.242 e. The van der Waals surface area contributed by atoms with E-state index in [0.717, 1.165) is 25.7 Å². The van der Waals surface area contributed by atoms with Gasteiger partial charge < -0.3 is 5.11 Å². The summed E-state index contributed by atoms with van der Waals surface area (Å²) in [7, 11) is -3.59. The number of unbranched alkanes of at least 4 members (excludes halogenated alkanes) is 2. The lowest BCUT2D eigenvalue weighted by molar-refractivity contribution is 0.350. The first-order chi connectivity index (χ1) is 9.99. The van der Waals surface area contributed by atoms with Gasteiger partial charge in [0.05, 0.1) is 0 Å². The highest BCUT2D eigenvalue weighted by atomic mass is 32.2. The average Bonchev–Trinajstić information content (AvgIpc) is 2.45. The molecule has 1 rings (SSSR count). The van der Waals surface area contributed by atoms with Crippen LogP contribution in [0.4, 0.5) is 0 Å². The van der Waals surface area contributed by atoms with E-state index in [2.05, 4.69) is 28.5 Å². The van der Waals surface area contributed by atoms with Crippen LogP contribution in [0.1, 0.15) is 45.1 Å². The normalized spacial score (nSPS) is 12.5. The Kier molecular flexibility index (Phi) is 7.37. The first-order valence-electron chi connectivity index (χ1n) is 7.06. The average molecular weight is 310 g/mol. The zero-order valence-corrected chi connectivity index (χ0v) is 13.3. The van der Waals surface area contributed by atoms with Gasteiger partial charge in [-0.2, -0.15) is 0 Å². The minimum absolute atomic E-state index is 0.0922. The van der Waals surface area contributed by atoms with Gasteiger partial charge in [0.15, 0.2) is 0 Å². The monoisotopic (exact) mass is 310 g/mol. The Labute approximate surface area is 126 Å². The van der Waals surface area contributed by atoms with Gasteiger partial charge in [0, 0.05) is 24.0 Å². The zero-order valence-electron chi connectivity index (χ0n) is 12.5. The molecule has 1 aromatic heterocycles. The zero-order chi connectivity index (χ0) is 15.7. The van der Waals surface area contributed by atoms with Crippen LogP contribution in [0, 0.1) is 11.8 Å². The number of aliphatic hydroxyl groups excluding tert-OH is 1. The fraction of sp³-hybridized carbons (Fsp3) is 0.533. The number of rotatable bonds is 7. The Morgan fingerprint density at radius 3 is 2.81 bits per heavy atom. The molecule has 0 aromatic carbocycles. The summed E-state index contributed by atoms with van der Waals surface area (Å²) in [5.74, 6) is 5.12. The molecule has 0 aliphatic heterocycles. The van der Waals surface area contributed by atoms with Crippen molar-refractivity contribution in [3.05, 3.63) is 24.0 Å². The molecule has 0 saturated carbocycles. The number of sulfonamides is 1. The third-order valence-corrected chi connectivity index (χ3v) is 4.49. The van der Waals surface area contributed by atoms with Crippen LogP contribution < -0.4 is 4.72 Å². The van der Waals surface area contributed by atoms with Gasteiger partial charge in [0.25, 0.3) is 0 Å². The fourth-order valence-electron chi connectivity index (χ4n) is 1.87. The van der Waals surface area contributed by atoms with E-state index in [9.17, 15) is 8.42 Å². The molecule has 0 radical (unpaired) electrons. The predicted molar refractivity (Wildman–Crippen MR) is 82.1 cm³/mol. The molecule has 0 aliphatic rings. The number of aromatic nitrogens is 1. The lowest BCUT2D eigenvalue weighted by Crippen LogP contribution is -2.32. The van der Waals surface area contributed by atoms with Crippen LogP contribution in [0.3, 0.4) is 0 Å². The molecular formula is C15H22N2O3S. The summed E-state index contributed by atoms with van der Waals surface area (Å²) < 4.78 is 27.2. The second-order valence-electron chi connectivity index (χ2n) is 4.89. The quantitative estimate of drug-likeness (QED) is 0.593. The molecule has 0 aliphatic carbocycles. The Hall–Kier alpha value is -1.42. The van der Waals surface area contributed by atoms with Crippen LogP contribution >= 0.6 is 0 Å². The summed E-state index contributed by atoms with van der Waals surface area (Å²) in [5, 5.41) is 8.65. The Balaban J connectivity index is 2.78. The van der Waals surface area contributed by atoms with Gasteiger partial charge in [-0.25, -0.2) is 13.1 Å². The second kappa shape index (κ2) is 8.78. The van der Waals surface area contributed by atoms with E-state index >= 15 is 0 Å². The summed E-state index contributed by atoms with van der Waals surface area (Å²) in [6.07, 6.45) is 6.78. The van der Waals surface area contributed by atoms with Crippen molar-refractivity contribution in [3.63, 3.8) is 0 Å². The van der Waals surface area contributed by atoms with Gasteiger partial charge in [0.2, 0.25) is 10.0 Å². The van der Waals surface area contributed by atoms with Crippen molar-refractivity contribution in [2.45, 2.75) is 50.5 Å². The third-order valence-electron chi connectivity index (χ3n) is 2.93. The van der Waals surface area contributed by atoms with E-state index in [1.165, 1.54) is 18.5 Å². The summed E-state index contributed by atoms with van der Waals surface area (Å²) >= 11 is 0. The van der Waals surface area contributed by atoms with Gasteiger partial charge in [-0.15, -0.1) is 0 Å². The number of aliphatic hydroxyl groups is 1. The van der Waals surface area contributed by atoms with Crippen LogP contribution in [0.2, 0.25) is 0 Å². The predicted octanol–water partition coefficient (Wildman–Crippen LogP) is 1.67. The maximum atomic E-state index is 12.3. The van der Waals surface area contributed by atoms with E-state index in [1.807, 2.05) is 6.92 Å². The van der Waals surface area contributed by atoms with Crippen molar-refractivity contribution in [2.24, 2.45) is 0 Å². The lowest BCUT2D eigenvalue weighted by Gasteiger charge is -2.13. The van der Waals surface area contributed by atoms with Gasteiger partial charge in [-0.3, -0.25) is 4.98 Å². The number of hydrogen-bond acceptors (Lipinski definition) is 4. The number of nitrogens with zero attached hydrogens (tertiary/aromatic N) is 1. The molecule has 5 nitrogen and oxygen atoms in total. The minimum Gasteiger partial charge on any atom is -0.384 e. The number of nitrogens with one attached hydrogen (secondary N) is 1. The van der Waals surface area contributed by atoms with E-state index in [-0.39, 0.29) is 17.5 Å². The maximum absolute atomic E-state index is 12.3. The second-order valence-corrected chi connectivity index (χ2v) is 6.60. The largest absolute Gasteiger partial charge is 0.384 e. The minimum atomic E-state index is -3.59. The van der Waals surface area contributed by atoms with Crippen molar-refractivity contribution >= 4 is 10.0 Å². The van der Waals surface area contributed by atoms with Gasteiger partial charge >= 0.3 is 0 Å². The third kappa shape index (κ3) is 6.25. The molecule has 0 saturated heterocycles. The van der Waals surface area contributed by atoms with Crippen LogP contribution in [0.5, 0.6) is 0 Å². The van der Waals surface area contributed by atoms with Crippen molar-refractivity contribution in [3.8, 4) is 11.8 Å². The molecule has 116 valence electrons. The molecule has 0 spiro atoms. The number of hydrogen-bond donors (Lipinski definition) is 2. The topological polar surface area (TPSA) is 79.3 Å². The van der Waals surface area contributed by atoms with Crippen molar-refractivity contribution in [1.29, 1.82) is 0 Å². The molecule has 1 aromatic rings. The van der Waals surface area contributed by atoms with Gasteiger partial charge in [-0.05, 0) is 19.4 Å². The van der Waals surface area contributed by atoms with Gasteiger partial charge in [0.1, 0.15) is 11.5 Å². The fourth-order valence-corrected chi connectivity index (χ4v) is 3.13. The molecule has 1 atom stereocenters. The molecule has 0 bridgehead atoms. The highest BCUT2D eigenvalue weighted by Gasteiger charge is 2.17. The Morgan fingerprint density at radius 2 is 2.14 bits per heavy atom. The molecule has 2 N–H and O–H groups in total. The highest BCUT2D eigenvalue weighted by molar-refractivity contribution is 7.89. The maximum Gasteiger partial charge on any atom is 0.242 e. The first kappa shape index (κ1) is 17.6. The van der Waals surface area contributed by atoms with Crippen LogP contribution in [0.25, 0.3) is 0 Å². The molecule has 1 unspecified atom stereocenters. The Bertz CT molecular complexity index is 603. The van der Waals surface area contributed by atoms with Crippen molar-refractivity contribution < 1.29 is 13.5 Å². The van der Waals surface area contributed by atoms with Crippen molar-refractivity contribution in [2.75, 3.05) is 6.61 Å². The molecule has 21 heavy (non-hydrogen) atoms. The van der Waals surface area contributed by atoms with E-state index in [1.54, 1.807) is 0 Å². The van der Waals surface area contributed by atoms with E-state index < -0.39 is 10.0 Å². The number of pyridine rings is 1. The van der Waals surface area contributed by atoms with Gasteiger partial charge in [-0.1, -0.05) is 38.0 Å².